The van der Waals surface area contributed by atoms with Gasteiger partial charge < -0.3 is 15.1 Å². The first kappa shape index (κ1) is 13.2. The Bertz CT molecular complexity index is 518. The predicted octanol–water partition coefficient (Wildman–Crippen LogP) is 2.45. The number of likely N-dealkylation sites (N-methyl/N-ethyl adjacent to an activating group) is 1. The Morgan fingerprint density at radius 3 is 2.58 bits per heavy atom. The molecule has 2 N–H and O–H groups in total. The molecule has 0 aliphatic carbocycles. The van der Waals surface area contributed by atoms with Crippen molar-refractivity contribution < 1.29 is 9.21 Å². The van der Waals surface area contributed by atoms with E-state index in [0.29, 0.717) is 25.2 Å². The van der Waals surface area contributed by atoms with Gasteiger partial charge in [0.1, 0.15) is 5.76 Å². The van der Waals surface area contributed by atoms with E-state index >= 15 is 0 Å². The van der Waals surface area contributed by atoms with E-state index in [1.165, 1.54) is 0 Å². The van der Waals surface area contributed by atoms with Crippen molar-refractivity contribution in [1.82, 2.24) is 4.90 Å². The number of nitrogens with zero attached hydrogens (tertiary/aromatic N) is 1. The van der Waals surface area contributed by atoms with Gasteiger partial charge in [-0.15, -0.1) is 0 Å². The van der Waals surface area contributed by atoms with Crippen LogP contribution in [0.25, 0.3) is 0 Å². The van der Waals surface area contributed by atoms with Crippen LogP contribution in [0.1, 0.15) is 18.2 Å². The Kier molecular flexibility index (Phi) is 4.23. The molecule has 0 radical (unpaired) electrons. The molecule has 0 bridgehead atoms. The monoisotopic (exact) mass is 258 g/mol. The van der Waals surface area contributed by atoms with Crippen LogP contribution < -0.4 is 5.73 Å². The third-order valence-electron chi connectivity index (χ3n) is 3.00. The molecule has 4 heteroatoms. The highest BCUT2D eigenvalue weighted by atomic mass is 16.3. The average molecular weight is 258 g/mol. The average Bonchev–Trinajstić information content (AvgIpc) is 2.91. The number of hydrogen-bond donors (Lipinski definition) is 1. The summed E-state index contributed by atoms with van der Waals surface area (Å²) in [6.07, 6.45) is 2.00. The second-order valence-electron chi connectivity index (χ2n) is 4.41. The number of rotatable bonds is 5. The fourth-order valence-corrected chi connectivity index (χ4v) is 1.89. The van der Waals surface area contributed by atoms with E-state index in [0.717, 1.165) is 11.3 Å². The molecule has 1 aromatic heterocycles. The fourth-order valence-electron chi connectivity index (χ4n) is 1.89. The Morgan fingerprint density at radius 2 is 2.00 bits per heavy atom. The van der Waals surface area contributed by atoms with E-state index < -0.39 is 0 Å². The number of carbonyl (C=O) groups excluding carboxylic acids is 1. The van der Waals surface area contributed by atoms with Crippen molar-refractivity contribution in [2.75, 3.05) is 12.3 Å². The molecule has 0 unspecified atom stereocenters. The molecule has 2 rings (SSSR count). The topological polar surface area (TPSA) is 59.5 Å². The third-order valence-corrected chi connectivity index (χ3v) is 3.00. The number of benzene rings is 1. The molecule has 0 aliphatic heterocycles. The van der Waals surface area contributed by atoms with Crippen LogP contribution in [0, 0.1) is 0 Å². The molecule has 1 amide bonds. The highest BCUT2D eigenvalue weighted by Crippen LogP contribution is 2.10. The highest BCUT2D eigenvalue weighted by molar-refractivity contribution is 5.78. The van der Waals surface area contributed by atoms with Crippen LogP contribution in [0.4, 0.5) is 5.69 Å². The lowest BCUT2D eigenvalue weighted by Gasteiger charge is -2.19. The number of amides is 1. The minimum absolute atomic E-state index is 0.0867. The van der Waals surface area contributed by atoms with Crippen LogP contribution in [-0.4, -0.2) is 17.4 Å². The maximum absolute atomic E-state index is 12.2. The second kappa shape index (κ2) is 6.09. The highest BCUT2D eigenvalue weighted by Gasteiger charge is 2.13. The Balaban J connectivity index is 1.98. The first-order valence-corrected chi connectivity index (χ1v) is 6.33. The quantitative estimate of drug-likeness (QED) is 0.838. The van der Waals surface area contributed by atoms with Crippen molar-refractivity contribution in [2.24, 2.45) is 0 Å². The minimum Gasteiger partial charge on any atom is -0.467 e. The van der Waals surface area contributed by atoms with E-state index in [1.54, 1.807) is 11.2 Å². The van der Waals surface area contributed by atoms with E-state index in [1.807, 2.05) is 43.3 Å². The summed E-state index contributed by atoms with van der Waals surface area (Å²) in [5, 5.41) is 0. The van der Waals surface area contributed by atoms with E-state index in [-0.39, 0.29) is 5.91 Å². The van der Waals surface area contributed by atoms with Gasteiger partial charge in [-0.2, -0.15) is 0 Å². The van der Waals surface area contributed by atoms with Gasteiger partial charge in [0.25, 0.3) is 0 Å². The molecular formula is C15H18N2O2. The molecule has 19 heavy (non-hydrogen) atoms. The lowest BCUT2D eigenvalue weighted by molar-refractivity contribution is -0.131. The summed E-state index contributed by atoms with van der Waals surface area (Å²) < 4.78 is 5.27. The number of furan rings is 1. The molecule has 0 saturated heterocycles. The van der Waals surface area contributed by atoms with Crippen molar-refractivity contribution in [3.8, 4) is 0 Å². The van der Waals surface area contributed by atoms with E-state index in [9.17, 15) is 4.79 Å². The minimum atomic E-state index is 0.0867. The van der Waals surface area contributed by atoms with Crippen LogP contribution in [-0.2, 0) is 17.8 Å². The maximum atomic E-state index is 12.2. The molecule has 0 spiro atoms. The van der Waals surface area contributed by atoms with Gasteiger partial charge in [-0.1, -0.05) is 12.1 Å². The predicted molar refractivity (Wildman–Crippen MR) is 74.4 cm³/mol. The zero-order valence-electron chi connectivity index (χ0n) is 11.0. The summed E-state index contributed by atoms with van der Waals surface area (Å²) in [6.45, 7) is 3.13. The number of hydrogen-bond acceptors (Lipinski definition) is 3. The smallest absolute Gasteiger partial charge is 0.227 e. The third kappa shape index (κ3) is 3.61. The van der Waals surface area contributed by atoms with Gasteiger partial charge in [0.2, 0.25) is 5.91 Å². The van der Waals surface area contributed by atoms with Gasteiger partial charge >= 0.3 is 0 Å². The van der Waals surface area contributed by atoms with Gasteiger partial charge in [-0.3, -0.25) is 4.79 Å². The number of anilines is 1. The Hall–Kier alpha value is -2.23. The molecular weight excluding hydrogens is 240 g/mol. The van der Waals surface area contributed by atoms with Crippen LogP contribution in [0.3, 0.4) is 0 Å². The molecule has 0 atom stereocenters. The summed E-state index contributed by atoms with van der Waals surface area (Å²) in [5.41, 5.74) is 7.30. The van der Waals surface area contributed by atoms with Crippen molar-refractivity contribution in [1.29, 1.82) is 0 Å². The zero-order chi connectivity index (χ0) is 13.7. The largest absolute Gasteiger partial charge is 0.467 e. The molecule has 2 aromatic rings. The first-order chi connectivity index (χ1) is 9.19. The molecule has 0 aliphatic rings. The van der Waals surface area contributed by atoms with Gasteiger partial charge in [0, 0.05) is 12.2 Å². The molecule has 1 heterocycles. The van der Waals surface area contributed by atoms with Crippen molar-refractivity contribution in [2.45, 2.75) is 19.9 Å². The molecule has 0 fully saturated rings. The standard InChI is InChI=1S/C15H18N2O2/c1-2-17(11-14-4-3-9-19-14)15(18)10-12-5-7-13(16)8-6-12/h3-9H,2,10-11,16H2,1H3. The maximum Gasteiger partial charge on any atom is 0.227 e. The SMILES string of the molecule is CCN(Cc1ccco1)C(=O)Cc1ccc(N)cc1. The first-order valence-electron chi connectivity index (χ1n) is 6.33. The fraction of sp³-hybridized carbons (Fsp3) is 0.267. The molecule has 100 valence electrons. The zero-order valence-corrected chi connectivity index (χ0v) is 11.0. The molecule has 4 nitrogen and oxygen atoms in total. The lowest BCUT2D eigenvalue weighted by Crippen LogP contribution is -2.31. The van der Waals surface area contributed by atoms with Crippen LogP contribution >= 0.6 is 0 Å². The van der Waals surface area contributed by atoms with E-state index in [2.05, 4.69) is 0 Å². The molecule has 0 saturated carbocycles. The van der Waals surface area contributed by atoms with E-state index in [4.69, 9.17) is 10.2 Å². The summed E-state index contributed by atoms with van der Waals surface area (Å²) in [5.74, 6) is 0.885. The van der Waals surface area contributed by atoms with Crippen LogP contribution in [0.2, 0.25) is 0 Å². The summed E-state index contributed by atoms with van der Waals surface area (Å²) in [6, 6.07) is 11.1. The van der Waals surface area contributed by atoms with Gasteiger partial charge in [-0.25, -0.2) is 0 Å². The number of carbonyl (C=O) groups is 1. The van der Waals surface area contributed by atoms with Crippen LogP contribution in [0.15, 0.2) is 47.1 Å². The number of nitrogens with two attached hydrogens (primary N) is 1. The van der Waals surface area contributed by atoms with Crippen molar-refractivity contribution in [3.05, 3.63) is 54.0 Å². The van der Waals surface area contributed by atoms with Gasteiger partial charge in [0.05, 0.1) is 19.2 Å². The Morgan fingerprint density at radius 1 is 1.26 bits per heavy atom. The summed E-state index contributed by atoms with van der Waals surface area (Å²) >= 11 is 0. The van der Waals surface area contributed by atoms with Crippen LogP contribution in [0.5, 0.6) is 0 Å². The van der Waals surface area contributed by atoms with Crippen molar-refractivity contribution in [3.63, 3.8) is 0 Å². The second-order valence-corrected chi connectivity index (χ2v) is 4.41. The lowest BCUT2D eigenvalue weighted by atomic mass is 10.1. The normalized spacial score (nSPS) is 10.4. The number of nitrogen functional groups attached to an aromatic ring is 1. The summed E-state index contributed by atoms with van der Waals surface area (Å²) in [4.78, 5) is 14.0. The van der Waals surface area contributed by atoms with Gasteiger partial charge in [0.15, 0.2) is 0 Å². The summed E-state index contributed by atoms with van der Waals surface area (Å²) in [7, 11) is 0. The molecule has 1 aromatic carbocycles. The Labute approximate surface area is 112 Å². The van der Waals surface area contributed by atoms with Gasteiger partial charge in [-0.05, 0) is 36.8 Å². The van der Waals surface area contributed by atoms with Crippen molar-refractivity contribution >= 4 is 11.6 Å².